The Bertz CT molecular complexity index is 1490. The number of aryl methyl sites for hydroxylation is 2. The summed E-state index contributed by atoms with van der Waals surface area (Å²) in [6.45, 7) is 1.11. The number of benzene rings is 1. The molecule has 5 aromatic rings. The molecule has 0 aliphatic carbocycles. The van der Waals surface area contributed by atoms with Crippen molar-refractivity contribution in [3.63, 3.8) is 0 Å². The lowest BCUT2D eigenvalue weighted by Gasteiger charge is -2.18. The van der Waals surface area contributed by atoms with Crippen LogP contribution in [0, 0.1) is 13.8 Å². The molecule has 1 aromatic carbocycles. The Morgan fingerprint density at radius 2 is 1.85 bits per heavy atom. The van der Waals surface area contributed by atoms with Gasteiger partial charge in [-0.3, -0.25) is 9.36 Å². The van der Waals surface area contributed by atoms with E-state index in [1.54, 1.807) is 31.3 Å². The van der Waals surface area contributed by atoms with Gasteiger partial charge in [-0.15, -0.1) is 11.3 Å². The first-order valence-electron chi connectivity index (χ1n) is 10.4. The van der Waals surface area contributed by atoms with Gasteiger partial charge in [0, 0.05) is 30.5 Å². The molecular formula is C24H21F2N5OS. The van der Waals surface area contributed by atoms with Gasteiger partial charge in [-0.1, -0.05) is 12.1 Å². The van der Waals surface area contributed by atoms with Gasteiger partial charge in [-0.2, -0.15) is 8.78 Å². The topological polar surface area (TPSA) is 56.0 Å². The van der Waals surface area contributed by atoms with E-state index in [9.17, 15) is 13.6 Å². The summed E-state index contributed by atoms with van der Waals surface area (Å²) in [4.78, 5) is 25.3. The van der Waals surface area contributed by atoms with Crippen molar-refractivity contribution in [2.75, 3.05) is 7.05 Å². The van der Waals surface area contributed by atoms with Crippen LogP contribution in [-0.4, -0.2) is 37.0 Å². The van der Waals surface area contributed by atoms with Crippen LogP contribution in [0.4, 0.5) is 8.78 Å². The molecule has 0 atom stereocenters. The molecule has 4 heterocycles. The monoisotopic (exact) mass is 465 g/mol. The molecule has 0 aliphatic rings. The van der Waals surface area contributed by atoms with E-state index >= 15 is 0 Å². The lowest BCUT2D eigenvalue weighted by atomic mass is 10.1. The minimum absolute atomic E-state index is 0.0529. The molecule has 9 heteroatoms. The number of halogens is 2. The molecular weight excluding hydrogens is 444 g/mol. The average Bonchev–Trinajstić information content (AvgIpc) is 3.49. The average molecular weight is 466 g/mol. The number of pyridine rings is 1. The summed E-state index contributed by atoms with van der Waals surface area (Å²) in [5, 5.41) is 0.915. The Labute approximate surface area is 192 Å². The van der Waals surface area contributed by atoms with E-state index in [0.29, 0.717) is 15.9 Å². The summed E-state index contributed by atoms with van der Waals surface area (Å²) >= 11 is 1.31. The van der Waals surface area contributed by atoms with E-state index in [0.717, 1.165) is 31.7 Å². The SMILES string of the molecule is Cc1cc(C)c2c(-n3cccc3)c(C(=O)N(C)Cc3nc4ccccc4n3C(F)F)sc2n1. The van der Waals surface area contributed by atoms with Gasteiger partial charge in [-0.05, 0) is 49.7 Å². The zero-order valence-electron chi connectivity index (χ0n) is 18.3. The molecule has 0 unspecified atom stereocenters. The number of carbonyl (C=O) groups is 1. The number of thiophene rings is 1. The third-order valence-corrected chi connectivity index (χ3v) is 6.67. The lowest BCUT2D eigenvalue weighted by molar-refractivity contribution is 0.0648. The van der Waals surface area contributed by atoms with Crippen molar-refractivity contribution < 1.29 is 13.6 Å². The van der Waals surface area contributed by atoms with E-state index in [2.05, 4.69) is 9.97 Å². The highest BCUT2D eigenvalue weighted by atomic mass is 32.1. The van der Waals surface area contributed by atoms with Gasteiger partial charge in [0.25, 0.3) is 5.91 Å². The fraction of sp³-hybridized carbons (Fsp3) is 0.208. The normalized spacial score (nSPS) is 11.7. The van der Waals surface area contributed by atoms with Gasteiger partial charge >= 0.3 is 6.55 Å². The molecule has 0 N–H and O–H groups in total. The number of amides is 1. The third-order valence-electron chi connectivity index (χ3n) is 5.61. The van der Waals surface area contributed by atoms with Crippen molar-refractivity contribution in [3.05, 3.63) is 76.8 Å². The molecule has 1 amide bonds. The van der Waals surface area contributed by atoms with Crippen molar-refractivity contribution >= 4 is 38.5 Å². The zero-order valence-corrected chi connectivity index (χ0v) is 19.1. The van der Waals surface area contributed by atoms with E-state index in [4.69, 9.17) is 0 Å². The van der Waals surface area contributed by atoms with Gasteiger partial charge in [-0.25, -0.2) is 9.97 Å². The minimum Gasteiger partial charge on any atom is -0.333 e. The summed E-state index contributed by atoms with van der Waals surface area (Å²) < 4.78 is 30.5. The van der Waals surface area contributed by atoms with Gasteiger partial charge in [0.2, 0.25) is 0 Å². The maximum absolute atomic E-state index is 13.8. The number of fused-ring (bicyclic) bond motifs is 2. The summed E-state index contributed by atoms with van der Waals surface area (Å²) in [5.41, 5.74) is 3.47. The predicted octanol–water partition coefficient (Wildman–Crippen LogP) is 5.72. The van der Waals surface area contributed by atoms with Gasteiger partial charge in [0.05, 0.1) is 23.3 Å². The minimum atomic E-state index is -2.76. The molecule has 0 radical (unpaired) electrons. The van der Waals surface area contributed by atoms with E-state index in [-0.39, 0.29) is 18.3 Å². The van der Waals surface area contributed by atoms with Crippen LogP contribution in [0.15, 0.2) is 54.9 Å². The van der Waals surface area contributed by atoms with Crippen molar-refractivity contribution in [2.24, 2.45) is 0 Å². The predicted molar refractivity (Wildman–Crippen MR) is 125 cm³/mol. The van der Waals surface area contributed by atoms with E-state index in [1.807, 2.05) is 49.0 Å². The van der Waals surface area contributed by atoms with Crippen molar-refractivity contribution in [2.45, 2.75) is 26.9 Å². The second-order valence-corrected chi connectivity index (χ2v) is 8.96. The molecule has 0 saturated heterocycles. The highest BCUT2D eigenvalue weighted by molar-refractivity contribution is 7.21. The van der Waals surface area contributed by atoms with Crippen molar-refractivity contribution in [3.8, 4) is 5.69 Å². The van der Waals surface area contributed by atoms with Crippen LogP contribution in [0.5, 0.6) is 0 Å². The number of aromatic nitrogens is 4. The number of para-hydroxylation sites is 2. The second kappa shape index (κ2) is 8.08. The van der Waals surface area contributed by atoms with Gasteiger partial charge in [0.15, 0.2) is 0 Å². The van der Waals surface area contributed by atoms with Gasteiger partial charge in [0.1, 0.15) is 15.5 Å². The Kier molecular flexibility index (Phi) is 5.20. The largest absolute Gasteiger partial charge is 0.333 e. The molecule has 0 spiro atoms. The molecule has 0 bridgehead atoms. The summed E-state index contributed by atoms with van der Waals surface area (Å²) in [5.74, 6) is -0.137. The highest BCUT2D eigenvalue weighted by Gasteiger charge is 2.26. The number of alkyl halides is 2. The molecule has 0 saturated carbocycles. The van der Waals surface area contributed by atoms with Crippen LogP contribution >= 0.6 is 11.3 Å². The lowest BCUT2D eigenvalue weighted by Crippen LogP contribution is -2.28. The molecule has 5 rings (SSSR count). The fourth-order valence-corrected chi connectivity index (χ4v) is 5.47. The van der Waals surface area contributed by atoms with E-state index in [1.165, 1.54) is 16.2 Å². The Morgan fingerprint density at radius 3 is 2.58 bits per heavy atom. The highest BCUT2D eigenvalue weighted by Crippen LogP contribution is 2.36. The number of carbonyl (C=O) groups excluding carboxylic acids is 1. The van der Waals surface area contributed by atoms with Gasteiger partial charge < -0.3 is 9.47 Å². The summed E-state index contributed by atoms with van der Waals surface area (Å²) in [6, 6.07) is 12.5. The van der Waals surface area contributed by atoms with Crippen LogP contribution < -0.4 is 0 Å². The zero-order chi connectivity index (χ0) is 23.3. The molecule has 6 nitrogen and oxygen atoms in total. The Hall–Kier alpha value is -3.59. The van der Waals surface area contributed by atoms with Crippen LogP contribution in [-0.2, 0) is 6.54 Å². The molecule has 0 aliphatic heterocycles. The van der Waals surface area contributed by atoms with Crippen molar-refractivity contribution in [1.29, 1.82) is 0 Å². The first-order chi connectivity index (χ1) is 15.8. The van der Waals surface area contributed by atoms with Crippen LogP contribution in [0.3, 0.4) is 0 Å². The van der Waals surface area contributed by atoms with Crippen molar-refractivity contribution in [1.82, 2.24) is 24.0 Å². The number of hydrogen-bond donors (Lipinski definition) is 0. The Morgan fingerprint density at radius 1 is 1.12 bits per heavy atom. The number of imidazole rings is 1. The molecule has 168 valence electrons. The first kappa shape index (κ1) is 21.3. The molecule has 33 heavy (non-hydrogen) atoms. The van der Waals surface area contributed by atoms with Crippen LogP contribution in [0.1, 0.15) is 33.3 Å². The second-order valence-electron chi connectivity index (χ2n) is 7.96. The van der Waals surface area contributed by atoms with Crippen LogP contribution in [0.25, 0.3) is 26.9 Å². The van der Waals surface area contributed by atoms with E-state index < -0.39 is 6.55 Å². The standard InChI is InChI=1S/C24H21F2N5OS/c1-14-12-15(2)27-22-19(14)20(30-10-6-7-11-30)21(33-22)23(32)29(3)13-18-28-16-8-4-5-9-17(16)31(18)24(25)26/h4-12,24H,13H2,1-3H3. The Balaban J connectivity index is 1.59. The maximum Gasteiger partial charge on any atom is 0.320 e. The molecule has 0 fully saturated rings. The number of hydrogen-bond acceptors (Lipinski definition) is 4. The summed E-state index contributed by atoms with van der Waals surface area (Å²) in [6.07, 6.45) is 3.77. The van der Waals surface area contributed by atoms with Crippen LogP contribution in [0.2, 0.25) is 0 Å². The number of rotatable bonds is 5. The number of nitrogens with zero attached hydrogens (tertiary/aromatic N) is 5. The summed E-state index contributed by atoms with van der Waals surface area (Å²) in [7, 11) is 1.60. The molecule has 4 aromatic heterocycles. The quantitative estimate of drug-likeness (QED) is 0.334. The fourth-order valence-electron chi connectivity index (χ4n) is 4.18. The third kappa shape index (κ3) is 3.58. The maximum atomic E-state index is 13.8. The smallest absolute Gasteiger partial charge is 0.320 e. The first-order valence-corrected chi connectivity index (χ1v) is 11.2.